The Morgan fingerprint density at radius 1 is 1.35 bits per heavy atom. The number of carbonyl (C=O) groups is 2. The predicted octanol–water partition coefficient (Wildman–Crippen LogP) is 2.62. The van der Waals surface area contributed by atoms with Gasteiger partial charge in [0.1, 0.15) is 5.15 Å². The quantitative estimate of drug-likeness (QED) is 0.669. The summed E-state index contributed by atoms with van der Waals surface area (Å²) >= 11 is 5.72. The summed E-state index contributed by atoms with van der Waals surface area (Å²) in [5, 5.41) is 3.09. The third-order valence-corrected chi connectivity index (χ3v) is 4.28. The number of fused-ring (bicyclic) bond motifs is 1. The van der Waals surface area contributed by atoms with E-state index >= 15 is 0 Å². The van der Waals surface area contributed by atoms with E-state index in [0.29, 0.717) is 22.0 Å². The van der Waals surface area contributed by atoms with Crippen molar-refractivity contribution in [3.63, 3.8) is 0 Å². The van der Waals surface area contributed by atoms with Gasteiger partial charge in [0, 0.05) is 17.8 Å². The second-order valence-corrected chi connectivity index (χ2v) is 6.00. The Morgan fingerprint density at radius 2 is 2.17 bits per heavy atom. The lowest BCUT2D eigenvalue weighted by Gasteiger charge is -2.24. The Hall–Kier alpha value is -2.24. The van der Waals surface area contributed by atoms with Gasteiger partial charge in [-0.1, -0.05) is 17.7 Å². The van der Waals surface area contributed by atoms with Crippen molar-refractivity contribution in [2.45, 2.75) is 25.3 Å². The SMILES string of the molecule is N[C@H]1CCc2c(ccc(NC(=O)c3ccc(Cl)nc3)c2C=O)C1. The number of carbonyl (C=O) groups excluding carboxylic acids is 2. The Morgan fingerprint density at radius 3 is 2.87 bits per heavy atom. The number of hydrogen-bond donors (Lipinski definition) is 2. The van der Waals surface area contributed by atoms with Crippen LogP contribution in [0, 0.1) is 0 Å². The van der Waals surface area contributed by atoms with Gasteiger partial charge in [0.25, 0.3) is 5.91 Å². The second-order valence-electron chi connectivity index (χ2n) is 5.61. The van der Waals surface area contributed by atoms with E-state index in [4.69, 9.17) is 17.3 Å². The van der Waals surface area contributed by atoms with Crippen molar-refractivity contribution in [3.05, 3.63) is 57.9 Å². The molecule has 1 atom stereocenters. The molecule has 1 aliphatic carbocycles. The van der Waals surface area contributed by atoms with Crippen LogP contribution in [0.5, 0.6) is 0 Å². The molecular formula is C17H16ClN3O2. The minimum Gasteiger partial charge on any atom is -0.327 e. The number of nitrogens with zero attached hydrogens (tertiary/aromatic N) is 1. The van der Waals surface area contributed by atoms with Gasteiger partial charge in [0.05, 0.1) is 11.3 Å². The van der Waals surface area contributed by atoms with Gasteiger partial charge in [0.15, 0.2) is 6.29 Å². The number of halogens is 1. The summed E-state index contributed by atoms with van der Waals surface area (Å²) in [7, 11) is 0. The van der Waals surface area contributed by atoms with E-state index in [1.807, 2.05) is 6.07 Å². The van der Waals surface area contributed by atoms with E-state index in [1.165, 1.54) is 6.20 Å². The standard InChI is InChI=1S/C17H16ClN3O2/c18-16-6-2-11(8-20-16)17(23)21-15-5-1-10-7-12(19)3-4-13(10)14(15)9-22/h1-2,5-6,8-9,12H,3-4,7,19H2,(H,21,23)/t12-/m0/s1. The molecule has 3 N–H and O–H groups in total. The van der Waals surface area contributed by atoms with Crippen LogP contribution < -0.4 is 11.1 Å². The molecule has 0 unspecified atom stereocenters. The molecule has 0 saturated heterocycles. The van der Waals surface area contributed by atoms with Crippen LogP contribution in [-0.2, 0) is 12.8 Å². The van der Waals surface area contributed by atoms with E-state index in [0.717, 1.165) is 36.7 Å². The Kier molecular flexibility index (Phi) is 4.41. The first-order chi connectivity index (χ1) is 11.1. The molecule has 0 radical (unpaired) electrons. The molecule has 6 heteroatoms. The Bertz CT molecular complexity index is 759. The summed E-state index contributed by atoms with van der Waals surface area (Å²) in [4.78, 5) is 27.7. The topological polar surface area (TPSA) is 85.1 Å². The van der Waals surface area contributed by atoms with Gasteiger partial charge in [-0.05, 0) is 48.6 Å². The van der Waals surface area contributed by atoms with Gasteiger partial charge >= 0.3 is 0 Å². The lowest BCUT2D eigenvalue weighted by molar-refractivity contribution is 0.102. The number of pyridine rings is 1. The summed E-state index contributed by atoms with van der Waals surface area (Å²) in [6.45, 7) is 0. The smallest absolute Gasteiger partial charge is 0.257 e. The van der Waals surface area contributed by atoms with Gasteiger partial charge in [-0.25, -0.2) is 4.98 Å². The molecule has 0 fully saturated rings. The van der Waals surface area contributed by atoms with E-state index in [-0.39, 0.29) is 11.9 Å². The average molecular weight is 330 g/mol. The highest BCUT2D eigenvalue weighted by Crippen LogP contribution is 2.28. The van der Waals surface area contributed by atoms with Gasteiger partial charge in [0.2, 0.25) is 0 Å². The van der Waals surface area contributed by atoms with Crippen LogP contribution >= 0.6 is 11.6 Å². The van der Waals surface area contributed by atoms with Crippen molar-refractivity contribution < 1.29 is 9.59 Å². The highest BCUT2D eigenvalue weighted by molar-refractivity contribution is 6.29. The molecule has 0 spiro atoms. The van der Waals surface area contributed by atoms with Crippen LogP contribution in [0.4, 0.5) is 5.69 Å². The zero-order valence-electron chi connectivity index (χ0n) is 12.4. The summed E-state index contributed by atoms with van der Waals surface area (Å²) in [5.41, 5.74) is 9.45. The maximum atomic E-state index is 12.3. The molecule has 3 rings (SSSR count). The first kappa shape index (κ1) is 15.6. The fourth-order valence-electron chi connectivity index (χ4n) is 2.86. The summed E-state index contributed by atoms with van der Waals surface area (Å²) in [6.07, 6.45) is 4.54. The van der Waals surface area contributed by atoms with Crippen molar-refractivity contribution in [1.29, 1.82) is 0 Å². The lowest BCUT2D eigenvalue weighted by Crippen LogP contribution is -2.28. The monoisotopic (exact) mass is 329 g/mol. The summed E-state index contributed by atoms with van der Waals surface area (Å²) < 4.78 is 0. The molecule has 1 aliphatic rings. The maximum Gasteiger partial charge on any atom is 0.257 e. The molecular weight excluding hydrogens is 314 g/mol. The maximum absolute atomic E-state index is 12.3. The molecule has 2 aromatic rings. The molecule has 0 bridgehead atoms. The average Bonchev–Trinajstić information content (AvgIpc) is 2.55. The van der Waals surface area contributed by atoms with E-state index in [2.05, 4.69) is 10.3 Å². The number of rotatable bonds is 3. The predicted molar refractivity (Wildman–Crippen MR) is 89.0 cm³/mol. The minimum absolute atomic E-state index is 0.127. The number of hydrogen-bond acceptors (Lipinski definition) is 4. The number of nitrogens with one attached hydrogen (secondary N) is 1. The third-order valence-electron chi connectivity index (χ3n) is 4.06. The molecule has 5 nitrogen and oxygen atoms in total. The molecule has 1 aromatic carbocycles. The number of amides is 1. The van der Waals surface area contributed by atoms with Crippen LogP contribution in [0.1, 0.15) is 38.3 Å². The first-order valence-corrected chi connectivity index (χ1v) is 7.74. The molecule has 0 aliphatic heterocycles. The number of aromatic nitrogens is 1. The molecule has 118 valence electrons. The normalized spacial score (nSPS) is 16.5. The number of nitrogens with two attached hydrogens (primary N) is 1. The fraction of sp³-hybridized carbons (Fsp3) is 0.235. The molecule has 1 heterocycles. The fourth-order valence-corrected chi connectivity index (χ4v) is 2.97. The molecule has 1 aromatic heterocycles. The third kappa shape index (κ3) is 3.25. The number of benzene rings is 1. The highest BCUT2D eigenvalue weighted by atomic mass is 35.5. The van der Waals surface area contributed by atoms with Crippen LogP contribution in [0.25, 0.3) is 0 Å². The highest BCUT2D eigenvalue weighted by Gasteiger charge is 2.21. The second kappa shape index (κ2) is 6.48. The van der Waals surface area contributed by atoms with Crippen molar-refractivity contribution in [2.24, 2.45) is 5.73 Å². The Balaban J connectivity index is 1.89. The van der Waals surface area contributed by atoms with E-state index in [1.54, 1.807) is 18.2 Å². The van der Waals surface area contributed by atoms with E-state index < -0.39 is 0 Å². The van der Waals surface area contributed by atoms with Crippen LogP contribution in [0.3, 0.4) is 0 Å². The first-order valence-electron chi connectivity index (χ1n) is 7.37. The molecule has 1 amide bonds. The Labute approximate surface area is 138 Å². The van der Waals surface area contributed by atoms with Gasteiger partial charge in [-0.3, -0.25) is 9.59 Å². The number of aldehydes is 1. The molecule has 23 heavy (non-hydrogen) atoms. The van der Waals surface area contributed by atoms with Gasteiger partial charge in [-0.2, -0.15) is 0 Å². The van der Waals surface area contributed by atoms with E-state index in [9.17, 15) is 9.59 Å². The minimum atomic E-state index is -0.329. The number of anilines is 1. The van der Waals surface area contributed by atoms with Crippen molar-refractivity contribution in [2.75, 3.05) is 5.32 Å². The van der Waals surface area contributed by atoms with Crippen molar-refractivity contribution >= 4 is 29.5 Å². The van der Waals surface area contributed by atoms with Crippen LogP contribution in [-0.4, -0.2) is 23.2 Å². The van der Waals surface area contributed by atoms with Crippen molar-refractivity contribution in [3.8, 4) is 0 Å². The van der Waals surface area contributed by atoms with Crippen molar-refractivity contribution in [1.82, 2.24) is 4.98 Å². The van der Waals surface area contributed by atoms with Gasteiger partial charge in [-0.15, -0.1) is 0 Å². The van der Waals surface area contributed by atoms with Gasteiger partial charge < -0.3 is 11.1 Å². The summed E-state index contributed by atoms with van der Waals surface area (Å²) in [5.74, 6) is -0.329. The van der Waals surface area contributed by atoms with Crippen LogP contribution in [0.15, 0.2) is 30.5 Å². The largest absolute Gasteiger partial charge is 0.327 e. The zero-order chi connectivity index (χ0) is 16.4. The molecule has 0 saturated carbocycles. The van der Waals surface area contributed by atoms with Crippen LogP contribution in [0.2, 0.25) is 5.15 Å². The lowest BCUT2D eigenvalue weighted by atomic mass is 9.85. The zero-order valence-corrected chi connectivity index (χ0v) is 13.1. The summed E-state index contributed by atoms with van der Waals surface area (Å²) in [6, 6.07) is 6.94.